The lowest BCUT2D eigenvalue weighted by molar-refractivity contribution is -0.384. The third kappa shape index (κ3) is 4.13. The highest BCUT2D eigenvalue weighted by molar-refractivity contribution is 6.02. The van der Waals surface area contributed by atoms with Gasteiger partial charge in [-0.3, -0.25) is 19.7 Å². The van der Waals surface area contributed by atoms with Gasteiger partial charge < -0.3 is 19.5 Å². The molecule has 0 radical (unpaired) electrons. The highest BCUT2D eigenvalue weighted by Gasteiger charge is 2.38. The van der Waals surface area contributed by atoms with Crippen LogP contribution in [0.5, 0.6) is 17.2 Å². The van der Waals surface area contributed by atoms with Crippen molar-refractivity contribution >= 4 is 17.4 Å². The normalized spacial score (nSPS) is 20.1. The fourth-order valence-corrected chi connectivity index (χ4v) is 4.65. The lowest BCUT2D eigenvalue weighted by atomic mass is 9.73. The molecular formula is C24H24N2O7. The first-order valence-electron chi connectivity index (χ1n) is 10.5. The highest BCUT2D eigenvalue weighted by atomic mass is 16.6. The van der Waals surface area contributed by atoms with E-state index in [1.54, 1.807) is 12.1 Å². The van der Waals surface area contributed by atoms with E-state index < -0.39 is 10.8 Å². The summed E-state index contributed by atoms with van der Waals surface area (Å²) >= 11 is 0. The molecule has 1 N–H and O–H groups in total. The molecule has 2 atom stereocenters. The van der Waals surface area contributed by atoms with E-state index in [4.69, 9.17) is 14.2 Å². The second-order valence-corrected chi connectivity index (χ2v) is 8.03. The first kappa shape index (κ1) is 22.3. The van der Waals surface area contributed by atoms with Crippen LogP contribution in [0, 0.1) is 10.1 Å². The molecule has 1 aliphatic carbocycles. The van der Waals surface area contributed by atoms with Gasteiger partial charge in [0.15, 0.2) is 17.3 Å². The molecule has 0 fully saturated rings. The zero-order valence-electron chi connectivity index (χ0n) is 18.5. The SMILES string of the molecule is COc1cc(C2CC(=O)C3=C(C2)NC(=O)CC3c2ccc([N+](=O)[O-])cc2)cc(OC)c1OC. The number of carbonyl (C=O) groups excluding carboxylic acids is 2. The molecule has 0 spiro atoms. The van der Waals surface area contributed by atoms with Gasteiger partial charge in [-0.2, -0.15) is 0 Å². The number of nitro groups is 1. The molecular weight excluding hydrogens is 428 g/mol. The summed E-state index contributed by atoms with van der Waals surface area (Å²) in [5, 5.41) is 13.9. The fraction of sp³-hybridized carbons (Fsp3) is 0.333. The topological polar surface area (TPSA) is 117 Å². The Kier molecular flexibility index (Phi) is 6.04. The number of nitro benzene ring substituents is 1. The van der Waals surface area contributed by atoms with Crippen LogP contribution in [0.1, 0.15) is 42.2 Å². The van der Waals surface area contributed by atoms with Crippen LogP contribution >= 0.6 is 0 Å². The molecule has 2 aliphatic rings. The molecule has 4 rings (SSSR count). The number of nitrogens with zero attached hydrogens (tertiary/aromatic N) is 1. The minimum Gasteiger partial charge on any atom is -0.493 e. The minimum absolute atomic E-state index is 0.0364. The molecule has 0 saturated heterocycles. The molecule has 1 amide bonds. The van der Waals surface area contributed by atoms with Gasteiger partial charge in [0.25, 0.3) is 5.69 Å². The van der Waals surface area contributed by atoms with E-state index in [0.29, 0.717) is 40.5 Å². The number of ketones is 1. The number of ether oxygens (including phenoxy) is 3. The lowest BCUT2D eigenvalue weighted by Gasteiger charge is -2.34. The van der Waals surface area contributed by atoms with E-state index >= 15 is 0 Å². The maximum absolute atomic E-state index is 13.3. The molecule has 9 nitrogen and oxygen atoms in total. The van der Waals surface area contributed by atoms with Crippen molar-refractivity contribution in [2.45, 2.75) is 31.1 Å². The van der Waals surface area contributed by atoms with Gasteiger partial charge in [-0.1, -0.05) is 12.1 Å². The standard InChI is InChI=1S/C24H24N2O7/c1-31-20-10-15(11-21(32-2)24(20)33-3)14-8-18-23(19(27)9-14)17(12-22(28)25-18)13-4-6-16(7-5-13)26(29)30/h4-7,10-11,14,17H,8-9,12H2,1-3H3,(H,25,28). The number of Topliss-reactive ketones (excluding diaryl/α,β-unsaturated/α-hetero) is 1. The van der Waals surface area contributed by atoms with Crippen molar-refractivity contribution in [1.29, 1.82) is 0 Å². The maximum Gasteiger partial charge on any atom is 0.269 e. The van der Waals surface area contributed by atoms with E-state index in [1.807, 2.05) is 12.1 Å². The Morgan fingerprint density at radius 3 is 2.09 bits per heavy atom. The molecule has 2 aromatic carbocycles. The zero-order chi connectivity index (χ0) is 23.7. The highest BCUT2D eigenvalue weighted by Crippen LogP contribution is 2.46. The number of benzene rings is 2. The zero-order valence-corrected chi connectivity index (χ0v) is 18.5. The molecule has 2 aromatic rings. The Bertz CT molecular complexity index is 1130. The largest absolute Gasteiger partial charge is 0.493 e. The van der Waals surface area contributed by atoms with Gasteiger partial charge in [-0.25, -0.2) is 0 Å². The van der Waals surface area contributed by atoms with Crippen molar-refractivity contribution in [3.8, 4) is 17.2 Å². The van der Waals surface area contributed by atoms with E-state index in [2.05, 4.69) is 5.32 Å². The number of methoxy groups -OCH3 is 3. The lowest BCUT2D eigenvalue weighted by Crippen LogP contribution is -2.38. The average Bonchev–Trinajstić information content (AvgIpc) is 2.82. The number of nitrogens with one attached hydrogen (secondary N) is 1. The monoisotopic (exact) mass is 452 g/mol. The van der Waals surface area contributed by atoms with Crippen LogP contribution in [0.2, 0.25) is 0 Å². The van der Waals surface area contributed by atoms with E-state index in [-0.39, 0.29) is 36.1 Å². The van der Waals surface area contributed by atoms with Crippen molar-refractivity contribution in [2.75, 3.05) is 21.3 Å². The predicted octanol–water partition coefficient (Wildman–Crippen LogP) is 3.62. The van der Waals surface area contributed by atoms with Gasteiger partial charge in [0.2, 0.25) is 11.7 Å². The van der Waals surface area contributed by atoms with Crippen molar-refractivity contribution < 1.29 is 28.7 Å². The number of hydrogen-bond acceptors (Lipinski definition) is 7. The Morgan fingerprint density at radius 2 is 1.55 bits per heavy atom. The first-order chi connectivity index (χ1) is 15.9. The van der Waals surface area contributed by atoms with Crippen LogP contribution in [-0.2, 0) is 9.59 Å². The summed E-state index contributed by atoms with van der Waals surface area (Å²) in [5.41, 5.74) is 2.70. The predicted molar refractivity (Wildman–Crippen MR) is 119 cm³/mol. The van der Waals surface area contributed by atoms with E-state index in [1.165, 1.54) is 33.5 Å². The van der Waals surface area contributed by atoms with Crippen molar-refractivity contribution in [3.63, 3.8) is 0 Å². The van der Waals surface area contributed by atoms with Crippen LogP contribution in [0.15, 0.2) is 47.7 Å². The quantitative estimate of drug-likeness (QED) is 0.525. The number of hydrogen-bond donors (Lipinski definition) is 1. The first-order valence-corrected chi connectivity index (χ1v) is 10.5. The van der Waals surface area contributed by atoms with Gasteiger partial charge in [0.1, 0.15) is 0 Å². The van der Waals surface area contributed by atoms with Gasteiger partial charge >= 0.3 is 0 Å². The van der Waals surface area contributed by atoms with Gasteiger partial charge in [0.05, 0.1) is 26.3 Å². The average molecular weight is 452 g/mol. The van der Waals surface area contributed by atoms with Gasteiger partial charge in [0, 0.05) is 42.2 Å². The summed E-state index contributed by atoms with van der Waals surface area (Å²) in [7, 11) is 4.59. The number of carbonyl (C=O) groups is 2. The molecule has 9 heteroatoms. The van der Waals surface area contributed by atoms with E-state index in [9.17, 15) is 19.7 Å². The number of rotatable bonds is 6. The van der Waals surface area contributed by atoms with Crippen molar-refractivity contribution in [1.82, 2.24) is 5.32 Å². The Labute approximate surface area is 190 Å². The fourth-order valence-electron chi connectivity index (χ4n) is 4.65. The summed E-state index contributed by atoms with van der Waals surface area (Å²) in [6.45, 7) is 0. The molecule has 2 unspecified atom stereocenters. The maximum atomic E-state index is 13.3. The summed E-state index contributed by atoms with van der Waals surface area (Å²) in [6, 6.07) is 9.67. The molecule has 1 aliphatic heterocycles. The molecule has 1 heterocycles. The minimum atomic E-state index is -0.476. The third-order valence-electron chi connectivity index (χ3n) is 6.20. The summed E-state index contributed by atoms with van der Waals surface area (Å²) in [5.74, 6) is 0.610. The van der Waals surface area contributed by atoms with E-state index in [0.717, 1.165) is 5.56 Å². The molecule has 172 valence electrons. The Hall–Kier alpha value is -3.88. The molecule has 0 bridgehead atoms. The molecule has 33 heavy (non-hydrogen) atoms. The Balaban J connectivity index is 1.70. The van der Waals surface area contributed by atoms with Crippen LogP contribution in [0.3, 0.4) is 0 Å². The van der Waals surface area contributed by atoms with Crippen molar-refractivity contribution in [3.05, 3.63) is 68.9 Å². The summed E-state index contributed by atoms with van der Waals surface area (Å²) in [6.07, 6.45) is 0.850. The molecule has 0 saturated carbocycles. The van der Waals surface area contributed by atoms with Crippen LogP contribution in [0.4, 0.5) is 5.69 Å². The molecule has 0 aromatic heterocycles. The second kappa shape index (κ2) is 8.93. The third-order valence-corrected chi connectivity index (χ3v) is 6.20. The van der Waals surface area contributed by atoms with Crippen LogP contribution in [0.25, 0.3) is 0 Å². The van der Waals surface area contributed by atoms with Crippen molar-refractivity contribution in [2.24, 2.45) is 0 Å². The second-order valence-electron chi connectivity index (χ2n) is 8.03. The number of non-ortho nitro benzene ring substituents is 1. The number of amides is 1. The summed E-state index contributed by atoms with van der Waals surface area (Å²) in [4.78, 5) is 36.3. The van der Waals surface area contributed by atoms with Gasteiger partial charge in [-0.05, 0) is 35.6 Å². The smallest absolute Gasteiger partial charge is 0.269 e. The Morgan fingerprint density at radius 1 is 0.909 bits per heavy atom. The van der Waals surface area contributed by atoms with Gasteiger partial charge in [-0.15, -0.1) is 0 Å². The van der Waals surface area contributed by atoms with Crippen LogP contribution < -0.4 is 19.5 Å². The summed E-state index contributed by atoms with van der Waals surface area (Å²) < 4.78 is 16.3. The number of allylic oxidation sites excluding steroid dienone is 2. The van der Waals surface area contributed by atoms with Crippen LogP contribution in [-0.4, -0.2) is 37.9 Å².